The van der Waals surface area contributed by atoms with Crippen molar-refractivity contribution in [2.24, 2.45) is 4.99 Å². The van der Waals surface area contributed by atoms with Crippen LogP contribution < -0.4 is 15.4 Å². The van der Waals surface area contributed by atoms with Gasteiger partial charge in [-0.1, -0.05) is 74.5 Å². The molecular formula is C21H31IN4O2S. The van der Waals surface area contributed by atoms with Gasteiger partial charge in [0, 0.05) is 32.1 Å². The Morgan fingerprint density at radius 3 is 2.14 bits per heavy atom. The SMILES string of the molecule is CN=C(NCCS(=O)(=O)NCc1ccccc1)NCC(C)(C)c1ccccc1.I. The third kappa shape index (κ3) is 9.14. The molecule has 0 amide bonds. The average molecular weight is 530 g/mol. The van der Waals surface area contributed by atoms with E-state index in [1.807, 2.05) is 48.5 Å². The Hall–Kier alpha value is -1.65. The molecule has 0 aliphatic heterocycles. The Kier molecular flexibility index (Phi) is 10.6. The maximum Gasteiger partial charge on any atom is 0.213 e. The molecule has 29 heavy (non-hydrogen) atoms. The molecule has 0 heterocycles. The van der Waals surface area contributed by atoms with Crippen LogP contribution in [0.2, 0.25) is 0 Å². The predicted molar refractivity (Wildman–Crippen MR) is 131 cm³/mol. The fourth-order valence-corrected chi connectivity index (χ4v) is 3.58. The zero-order chi connectivity index (χ0) is 20.5. The van der Waals surface area contributed by atoms with Crippen molar-refractivity contribution in [3.63, 3.8) is 0 Å². The molecule has 2 rings (SSSR count). The van der Waals surface area contributed by atoms with Gasteiger partial charge in [0.05, 0.1) is 5.75 Å². The number of aliphatic imine (C=N–C) groups is 1. The van der Waals surface area contributed by atoms with Crippen molar-refractivity contribution >= 4 is 40.0 Å². The Balaban J connectivity index is 0.00000420. The molecular weight excluding hydrogens is 499 g/mol. The minimum absolute atomic E-state index is 0. The van der Waals surface area contributed by atoms with Gasteiger partial charge in [0.1, 0.15) is 0 Å². The number of hydrogen-bond acceptors (Lipinski definition) is 3. The van der Waals surface area contributed by atoms with E-state index < -0.39 is 10.0 Å². The van der Waals surface area contributed by atoms with E-state index in [2.05, 4.69) is 46.3 Å². The van der Waals surface area contributed by atoms with Gasteiger partial charge in [-0.3, -0.25) is 4.99 Å². The van der Waals surface area contributed by atoms with E-state index in [4.69, 9.17) is 0 Å². The molecule has 0 saturated carbocycles. The molecule has 0 spiro atoms. The molecule has 0 aliphatic carbocycles. The number of rotatable bonds is 9. The zero-order valence-electron chi connectivity index (χ0n) is 17.2. The lowest BCUT2D eigenvalue weighted by molar-refractivity contribution is 0.509. The monoisotopic (exact) mass is 530 g/mol. The van der Waals surface area contributed by atoms with Crippen molar-refractivity contribution in [3.8, 4) is 0 Å². The molecule has 0 aromatic heterocycles. The van der Waals surface area contributed by atoms with Crippen LogP contribution in [0, 0.1) is 0 Å². The summed E-state index contributed by atoms with van der Waals surface area (Å²) in [6.45, 7) is 5.55. The molecule has 0 unspecified atom stereocenters. The smallest absolute Gasteiger partial charge is 0.213 e. The largest absolute Gasteiger partial charge is 0.356 e. The van der Waals surface area contributed by atoms with Crippen LogP contribution in [0.25, 0.3) is 0 Å². The molecule has 0 aliphatic rings. The van der Waals surface area contributed by atoms with Gasteiger partial charge in [0.2, 0.25) is 10.0 Å². The van der Waals surface area contributed by atoms with Crippen LogP contribution >= 0.6 is 24.0 Å². The van der Waals surface area contributed by atoms with Gasteiger partial charge < -0.3 is 10.6 Å². The number of nitrogens with one attached hydrogen (secondary N) is 3. The van der Waals surface area contributed by atoms with E-state index in [0.717, 1.165) is 5.56 Å². The maximum absolute atomic E-state index is 12.2. The first-order chi connectivity index (χ1) is 13.3. The van der Waals surface area contributed by atoms with Crippen LogP contribution in [0.15, 0.2) is 65.7 Å². The van der Waals surface area contributed by atoms with Gasteiger partial charge in [-0.25, -0.2) is 13.1 Å². The van der Waals surface area contributed by atoms with Crippen molar-refractivity contribution in [1.29, 1.82) is 0 Å². The lowest BCUT2D eigenvalue weighted by Crippen LogP contribution is -2.45. The Morgan fingerprint density at radius 2 is 1.55 bits per heavy atom. The second kappa shape index (κ2) is 12.1. The van der Waals surface area contributed by atoms with Crippen molar-refractivity contribution in [1.82, 2.24) is 15.4 Å². The summed E-state index contributed by atoms with van der Waals surface area (Å²) in [7, 11) is -1.69. The van der Waals surface area contributed by atoms with E-state index in [-0.39, 0.29) is 41.7 Å². The van der Waals surface area contributed by atoms with Gasteiger partial charge in [-0.05, 0) is 11.1 Å². The van der Waals surface area contributed by atoms with Crippen LogP contribution in [0.1, 0.15) is 25.0 Å². The van der Waals surface area contributed by atoms with Crippen LogP contribution in [0.4, 0.5) is 0 Å². The third-order valence-corrected chi connectivity index (χ3v) is 5.80. The standard InChI is InChI=1S/C21H30N4O2S.HI/c1-21(2,19-12-8-5-9-13-19)17-24-20(22-3)23-14-15-28(26,27)25-16-18-10-6-4-7-11-18;/h4-13,25H,14-17H2,1-3H3,(H2,22,23,24);1H. The van der Waals surface area contributed by atoms with Crippen molar-refractivity contribution in [2.45, 2.75) is 25.8 Å². The minimum atomic E-state index is -3.37. The second-order valence-electron chi connectivity index (χ2n) is 7.23. The van der Waals surface area contributed by atoms with Gasteiger partial charge in [-0.2, -0.15) is 0 Å². The molecule has 0 bridgehead atoms. The number of hydrogen-bond donors (Lipinski definition) is 3. The molecule has 0 atom stereocenters. The molecule has 3 N–H and O–H groups in total. The first-order valence-electron chi connectivity index (χ1n) is 9.34. The first kappa shape index (κ1) is 25.4. The summed E-state index contributed by atoms with van der Waals surface area (Å²) < 4.78 is 26.9. The summed E-state index contributed by atoms with van der Waals surface area (Å²) in [5.74, 6) is 0.560. The second-order valence-corrected chi connectivity index (χ2v) is 9.15. The number of guanidine groups is 1. The van der Waals surface area contributed by atoms with E-state index in [1.165, 1.54) is 5.56 Å². The van der Waals surface area contributed by atoms with Crippen molar-refractivity contribution < 1.29 is 8.42 Å². The molecule has 0 radical (unpaired) electrons. The Morgan fingerprint density at radius 1 is 0.966 bits per heavy atom. The fourth-order valence-electron chi connectivity index (χ4n) is 2.68. The summed E-state index contributed by atoms with van der Waals surface area (Å²) in [5, 5.41) is 6.34. The summed E-state index contributed by atoms with van der Waals surface area (Å²) in [6.07, 6.45) is 0. The molecule has 8 heteroatoms. The molecule has 0 saturated heterocycles. The summed E-state index contributed by atoms with van der Waals surface area (Å²) >= 11 is 0. The third-order valence-electron chi connectivity index (χ3n) is 4.48. The fraction of sp³-hybridized carbons (Fsp3) is 0.381. The van der Waals surface area contributed by atoms with Gasteiger partial charge in [0.15, 0.2) is 5.96 Å². The highest BCUT2D eigenvalue weighted by molar-refractivity contribution is 14.0. The summed E-state index contributed by atoms with van der Waals surface area (Å²) in [5.41, 5.74) is 2.08. The van der Waals surface area contributed by atoms with E-state index in [9.17, 15) is 8.42 Å². The van der Waals surface area contributed by atoms with Crippen molar-refractivity contribution in [3.05, 3.63) is 71.8 Å². The summed E-state index contributed by atoms with van der Waals surface area (Å²) in [4.78, 5) is 4.18. The molecule has 160 valence electrons. The van der Waals surface area contributed by atoms with Crippen molar-refractivity contribution in [2.75, 3.05) is 25.9 Å². The topological polar surface area (TPSA) is 82.6 Å². The normalized spacial score (nSPS) is 12.2. The number of halogens is 1. The van der Waals surface area contributed by atoms with Gasteiger partial charge in [-0.15, -0.1) is 24.0 Å². The van der Waals surface area contributed by atoms with E-state index in [1.54, 1.807) is 7.05 Å². The Labute approximate surface area is 191 Å². The lowest BCUT2D eigenvalue weighted by atomic mass is 9.85. The summed E-state index contributed by atoms with van der Waals surface area (Å²) in [6, 6.07) is 19.7. The highest BCUT2D eigenvalue weighted by Crippen LogP contribution is 2.21. The number of sulfonamides is 1. The number of benzene rings is 2. The predicted octanol–water partition coefficient (Wildman–Crippen LogP) is 2.87. The maximum atomic E-state index is 12.2. The highest BCUT2D eigenvalue weighted by Gasteiger charge is 2.20. The van der Waals surface area contributed by atoms with Crippen LogP contribution in [-0.4, -0.2) is 40.3 Å². The first-order valence-corrected chi connectivity index (χ1v) is 11.0. The molecule has 2 aromatic carbocycles. The lowest BCUT2D eigenvalue weighted by Gasteiger charge is -2.26. The van der Waals surface area contributed by atoms with E-state index in [0.29, 0.717) is 19.0 Å². The van der Waals surface area contributed by atoms with Crippen LogP contribution in [-0.2, 0) is 22.0 Å². The average Bonchev–Trinajstić information content (AvgIpc) is 2.70. The van der Waals surface area contributed by atoms with E-state index >= 15 is 0 Å². The molecule has 6 nitrogen and oxygen atoms in total. The number of nitrogens with zero attached hydrogens (tertiary/aromatic N) is 1. The van der Waals surface area contributed by atoms with Gasteiger partial charge in [0.25, 0.3) is 0 Å². The quantitative estimate of drug-likeness (QED) is 0.265. The molecule has 2 aromatic rings. The molecule has 0 fully saturated rings. The Bertz CT molecular complexity index is 857. The zero-order valence-corrected chi connectivity index (χ0v) is 20.3. The highest BCUT2D eigenvalue weighted by atomic mass is 127. The minimum Gasteiger partial charge on any atom is -0.356 e. The van der Waals surface area contributed by atoms with Gasteiger partial charge >= 0.3 is 0 Å². The van der Waals surface area contributed by atoms with Crippen LogP contribution in [0.3, 0.4) is 0 Å². The van der Waals surface area contributed by atoms with Crippen LogP contribution in [0.5, 0.6) is 0 Å².